The van der Waals surface area contributed by atoms with Gasteiger partial charge < -0.3 is 19.7 Å². The molecule has 0 spiro atoms. The molecule has 0 radical (unpaired) electrons. The highest BCUT2D eigenvalue weighted by Crippen LogP contribution is 2.26. The van der Waals surface area contributed by atoms with Gasteiger partial charge in [0.15, 0.2) is 0 Å². The molecule has 0 aromatic heterocycles. The molecule has 2 amide bonds. The number of benzene rings is 3. The number of hydrogen-bond acceptors (Lipinski definition) is 6. The highest BCUT2D eigenvalue weighted by atomic mass is 32.2. The summed E-state index contributed by atoms with van der Waals surface area (Å²) in [6, 6.07) is 20.9. The maximum absolute atomic E-state index is 14.2. The molecule has 0 aliphatic rings. The summed E-state index contributed by atoms with van der Waals surface area (Å²) < 4.78 is 39.9. The van der Waals surface area contributed by atoms with Crippen LogP contribution < -0.4 is 19.1 Å². The molecule has 10 heteroatoms. The molecule has 42 heavy (non-hydrogen) atoms. The molecule has 0 unspecified atom stereocenters. The second kappa shape index (κ2) is 15.3. The number of sulfonamides is 1. The Morgan fingerprint density at radius 2 is 1.57 bits per heavy atom. The fourth-order valence-corrected chi connectivity index (χ4v) is 5.87. The summed E-state index contributed by atoms with van der Waals surface area (Å²) in [5.41, 5.74) is 1.08. The Kier molecular flexibility index (Phi) is 11.8. The summed E-state index contributed by atoms with van der Waals surface area (Å²) in [6.07, 6.45) is 1.07. The maximum Gasteiger partial charge on any atom is 0.264 e. The van der Waals surface area contributed by atoms with Crippen LogP contribution in [0.3, 0.4) is 0 Å². The van der Waals surface area contributed by atoms with E-state index in [1.54, 1.807) is 61.7 Å². The average molecular weight is 596 g/mol. The van der Waals surface area contributed by atoms with Gasteiger partial charge in [-0.25, -0.2) is 8.42 Å². The smallest absolute Gasteiger partial charge is 0.264 e. The lowest BCUT2D eigenvalue weighted by Gasteiger charge is -2.33. The molecule has 0 aliphatic heterocycles. The van der Waals surface area contributed by atoms with Gasteiger partial charge in [-0.2, -0.15) is 0 Å². The van der Waals surface area contributed by atoms with E-state index < -0.39 is 28.5 Å². The van der Waals surface area contributed by atoms with Crippen molar-refractivity contribution in [3.63, 3.8) is 0 Å². The number of rotatable bonds is 15. The molecule has 3 aromatic rings. The van der Waals surface area contributed by atoms with E-state index >= 15 is 0 Å². The number of amides is 2. The normalized spacial score (nSPS) is 12.6. The lowest BCUT2D eigenvalue weighted by molar-refractivity contribution is -0.140. The number of hydrogen-bond donors (Lipinski definition) is 1. The van der Waals surface area contributed by atoms with Gasteiger partial charge in [-0.05, 0) is 80.8 Å². The molecule has 0 heterocycles. The Morgan fingerprint density at radius 3 is 2.17 bits per heavy atom. The van der Waals surface area contributed by atoms with Crippen LogP contribution in [0, 0.1) is 0 Å². The Hall–Kier alpha value is -4.05. The zero-order valence-corrected chi connectivity index (χ0v) is 25.8. The van der Waals surface area contributed by atoms with Gasteiger partial charge in [0.2, 0.25) is 11.8 Å². The minimum absolute atomic E-state index is 0.0171. The van der Waals surface area contributed by atoms with Crippen molar-refractivity contribution in [2.75, 3.05) is 24.6 Å². The van der Waals surface area contributed by atoms with Crippen LogP contribution in [0.15, 0.2) is 83.8 Å². The van der Waals surface area contributed by atoms with Gasteiger partial charge in [-0.1, -0.05) is 44.2 Å². The van der Waals surface area contributed by atoms with E-state index in [-0.39, 0.29) is 23.4 Å². The lowest BCUT2D eigenvalue weighted by Crippen LogP contribution is -2.53. The highest BCUT2D eigenvalue weighted by Gasteiger charge is 2.34. The molecule has 0 fully saturated rings. The van der Waals surface area contributed by atoms with E-state index in [4.69, 9.17) is 9.47 Å². The predicted molar refractivity (Wildman–Crippen MR) is 164 cm³/mol. The SMILES string of the molecule is CCOc1ccc(S(=O)(=O)N(CC(=O)N(Cc2cccc(OC)c2)[C@@H](CC)C(=O)N[C@@H](C)CC)c2ccccc2)cc1. The zero-order valence-electron chi connectivity index (χ0n) is 24.9. The highest BCUT2D eigenvalue weighted by molar-refractivity contribution is 7.92. The van der Waals surface area contributed by atoms with E-state index in [1.807, 2.05) is 39.8 Å². The van der Waals surface area contributed by atoms with E-state index in [0.717, 1.165) is 16.3 Å². The average Bonchev–Trinajstić information content (AvgIpc) is 3.00. The number of carbonyl (C=O) groups excluding carboxylic acids is 2. The van der Waals surface area contributed by atoms with Crippen LogP contribution in [0.4, 0.5) is 5.69 Å². The zero-order chi connectivity index (χ0) is 30.7. The second-order valence-electron chi connectivity index (χ2n) is 9.87. The van der Waals surface area contributed by atoms with Crippen LogP contribution in [0.5, 0.6) is 11.5 Å². The van der Waals surface area contributed by atoms with Crippen molar-refractivity contribution in [3.05, 3.63) is 84.4 Å². The van der Waals surface area contributed by atoms with Crippen molar-refractivity contribution < 1.29 is 27.5 Å². The molecular weight excluding hydrogens is 554 g/mol. The number of ether oxygens (including phenoxy) is 2. The topological polar surface area (TPSA) is 105 Å². The van der Waals surface area contributed by atoms with Crippen LogP contribution in [0.25, 0.3) is 0 Å². The van der Waals surface area contributed by atoms with E-state index in [9.17, 15) is 18.0 Å². The standard InChI is InChI=1S/C32H41N3O6S/c1-6-24(4)33-32(37)30(7-2)34(22-25-13-12-16-28(21-25)40-5)31(36)23-35(26-14-10-9-11-15-26)42(38,39)29-19-17-27(18-20-29)41-8-3/h9-21,24,30H,6-8,22-23H2,1-5H3,(H,33,37)/t24-,30-/m0/s1. The summed E-state index contributed by atoms with van der Waals surface area (Å²) in [6.45, 7) is 7.58. The summed E-state index contributed by atoms with van der Waals surface area (Å²) in [7, 11) is -2.61. The van der Waals surface area contributed by atoms with E-state index in [1.165, 1.54) is 17.0 Å². The summed E-state index contributed by atoms with van der Waals surface area (Å²) in [5, 5.41) is 2.98. The van der Waals surface area contributed by atoms with Gasteiger partial charge in [-0.15, -0.1) is 0 Å². The maximum atomic E-state index is 14.2. The minimum atomic E-state index is -4.16. The first kappa shape index (κ1) is 32.5. The first-order chi connectivity index (χ1) is 20.1. The van der Waals surface area contributed by atoms with Crippen LogP contribution in [0.2, 0.25) is 0 Å². The molecule has 0 saturated carbocycles. The van der Waals surface area contributed by atoms with Gasteiger partial charge in [0.25, 0.3) is 10.0 Å². The molecule has 3 rings (SSSR count). The lowest BCUT2D eigenvalue weighted by atomic mass is 10.1. The number of nitrogens with zero attached hydrogens (tertiary/aromatic N) is 2. The summed E-state index contributed by atoms with van der Waals surface area (Å²) in [4.78, 5) is 29.0. The second-order valence-corrected chi connectivity index (χ2v) is 11.7. The van der Waals surface area contributed by atoms with Crippen molar-refractivity contribution in [3.8, 4) is 11.5 Å². The van der Waals surface area contributed by atoms with Crippen LogP contribution >= 0.6 is 0 Å². The fourth-order valence-electron chi connectivity index (χ4n) is 4.45. The third kappa shape index (κ3) is 8.25. The third-order valence-corrected chi connectivity index (χ3v) is 8.71. The molecule has 0 bridgehead atoms. The van der Waals surface area contributed by atoms with Crippen molar-refractivity contribution in [1.29, 1.82) is 0 Å². The van der Waals surface area contributed by atoms with Gasteiger partial charge in [-0.3, -0.25) is 13.9 Å². The van der Waals surface area contributed by atoms with E-state index in [0.29, 0.717) is 30.2 Å². The molecular formula is C32H41N3O6S. The van der Waals surface area contributed by atoms with Crippen molar-refractivity contribution in [1.82, 2.24) is 10.2 Å². The Labute approximate surface area is 249 Å². The van der Waals surface area contributed by atoms with Crippen LogP contribution in [-0.4, -0.2) is 57.5 Å². The minimum Gasteiger partial charge on any atom is -0.497 e. The number of methoxy groups -OCH3 is 1. The molecule has 3 aromatic carbocycles. The first-order valence-corrected chi connectivity index (χ1v) is 15.6. The monoisotopic (exact) mass is 595 g/mol. The van der Waals surface area contributed by atoms with Gasteiger partial charge >= 0.3 is 0 Å². The molecule has 0 saturated heterocycles. The van der Waals surface area contributed by atoms with Gasteiger partial charge in [0, 0.05) is 12.6 Å². The molecule has 1 N–H and O–H groups in total. The Bertz CT molecular complexity index is 1410. The van der Waals surface area contributed by atoms with Gasteiger partial charge in [0.1, 0.15) is 24.1 Å². The predicted octanol–water partition coefficient (Wildman–Crippen LogP) is 5.01. The van der Waals surface area contributed by atoms with Gasteiger partial charge in [0.05, 0.1) is 24.3 Å². The summed E-state index contributed by atoms with van der Waals surface area (Å²) >= 11 is 0. The molecule has 9 nitrogen and oxygen atoms in total. The number of para-hydroxylation sites is 1. The third-order valence-electron chi connectivity index (χ3n) is 6.92. The van der Waals surface area contributed by atoms with Crippen molar-refractivity contribution >= 4 is 27.5 Å². The van der Waals surface area contributed by atoms with Crippen LogP contribution in [-0.2, 0) is 26.2 Å². The Morgan fingerprint density at radius 1 is 0.881 bits per heavy atom. The van der Waals surface area contributed by atoms with Crippen LogP contribution in [0.1, 0.15) is 46.1 Å². The quantitative estimate of drug-likeness (QED) is 0.265. The largest absolute Gasteiger partial charge is 0.497 e. The van der Waals surface area contributed by atoms with E-state index in [2.05, 4.69) is 5.32 Å². The molecule has 2 atom stereocenters. The number of anilines is 1. The Balaban J connectivity index is 2.03. The molecule has 226 valence electrons. The summed E-state index contributed by atoms with van der Waals surface area (Å²) in [5.74, 6) is 0.355. The first-order valence-electron chi connectivity index (χ1n) is 14.2. The van der Waals surface area contributed by atoms with Crippen molar-refractivity contribution in [2.24, 2.45) is 0 Å². The fraction of sp³-hybridized carbons (Fsp3) is 0.375. The number of nitrogens with one attached hydrogen (secondary N) is 1. The number of carbonyl (C=O) groups is 2. The molecule has 0 aliphatic carbocycles. The van der Waals surface area contributed by atoms with Crippen molar-refractivity contribution in [2.45, 2.75) is 64.1 Å².